The topological polar surface area (TPSA) is 459 Å². The van der Waals surface area contributed by atoms with Gasteiger partial charge in [-0.05, 0) is 0 Å². The molecular formula is C4H16O24P4S4Zr. The van der Waals surface area contributed by atoms with E-state index in [1.807, 2.05) is 0 Å². The molecule has 0 bridgehead atoms. The zero-order chi connectivity index (χ0) is 30.8. The Hall–Kier alpha value is 1.12. The van der Waals surface area contributed by atoms with Crippen LogP contribution in [0.4, 0.5) is 0 Å². The summed E-state index contributed by atoms with van der Waals surface area (Å²) in [6.45, 7) is 0. The Balaban J connectivity index is -0.000000122. The predicted molar refractivity (Wildman–Crippen MR) is 106 cm³/mol. The Bertz CT molecular complexity index is 1090. The largest absolute Gasteiger partial charge is 4.00 e. The quantitative estimate of drug-likeness (QED) is 0.0840. The van der Waals surface area contributed by atoms with Gasteiger partial charge in [0.25, 0.3) is 0 Å². The molecule has 0 aliphatic heterocycles. The van der Waals surface area contributed by atoms with Crippen LogP contribution in [0.25, 0.3) is 0 Å². The zero-order valence-corrected chi connectivity index (χ0v) is 26.2. The van der Waals surface area contributed by atoms with Crippen LogP contribution in [0, 0.1) is 0 Å². The fourth-order valence-corrected chi connectivity index (χ4v) is 7.41. The Morgan fingerprint density at radius 3 is 0.459 bits per heavy atom. The molecule has 0 aromatic rings. The van der Waals surface area contributed by atoms with Crippen LogP contribution in [0.5, 0.6) is 0 Å². The van der Waals surface area contributed by atoms with E-state index < -0.39 is 92.8 Å². The number of hydrogen-bond acceptors (Lipinski definition) is 16. The maximum atomic E-state index is 9.76. The van der Waals surface area contributed by atoms with E-state index >= 15 is 0 Å². The van der Waals surface area contributed by atoms with Crippen LogP contribution in [-0.2, 0) is 84.9 Å². The summed E-state index contributed by atoms with van der Waals surface area (Å²) in [5, 5.41) is 0. The summed E-state index contributed by atoms with van der Waals surface area (Å²) in [6.07, 6.45) is 0. The van der Waals surface area contributed by atoms with Crippen molar-refractivity contribution in [1.82, 2.24) is 0 Å². The molecular weight excluding hydrogens is 775 g/mol. The molecule has 0 rings (SSSR count). The van der Waals surface area contributed by atoms with Crippen molar-refractivity contribution in [2.24, 2.45) is 0 Å². The van der Waals surface area contributed by atoms with Crippen molar-refractivity contribution in [3.63, 3.8) is 0 Å². The maximum absolute atomic E-state index is 9.76. The second-order valence-corrected chi connectivity index (χ2v) is 19.3. The molecule has 224 valence electrons. The third-order valence-corrected chi connectivity index (χ3v) is 11.7. The third kappa shape index (κ3) is 72.6. The summed E-state index contributed by atoms with van der Waals surface area (Å²) in [5.74, 6) is 0. The Morgan fingerprint density at radius 1 is 0.378 bits per heavy atom. The first-order valence-electron chi connectivity index (χ1n) is 6.75. The van der Waals surface area contributed by atoms with Gasteiger partial charge in [-0.1, -0.05) is 0 Å². The molecule has 0 heterocycles. The molecule has 37 heavy (non-hydrogen) atoms. The second-order valence-electron chi connectivity index (χ2n) is 5.41. The zero-order valence-electron chi connectivity index (χ0n) is 16.9. The first-order chi connectivity index (χ1) is 14.8. The van der Waals surface area contributed by atoms with Gasteiger partial charge in [-0.15, -0.1) is 0 Å². The van der Waals surface area contributed by atoms with E-state index in [1.54, 1.807) is 0 Å². The molecule has 0 aromatic carbocycles. The van der Waals surface area contributed by atoms with Gasteiger partial charge in [0.2, 0.25) is 0 Å². The Labute approximate surface area is 227 Å². The van der Waals surface area contributed by atoms with Crippen LogP contribution >= 0.6 is 30.4 Å². The van der Waals surface area contributed by atoms with Gasteiger partial charge < -0.3 is 57.4 Å². The summed E-state index contributed by atoms with van der Waals surface area (Å²) < 4.78 is 154. The summed E-state index contributed by atoms with van der Waals surface area (Å²) in [5.41, 5.74) is -6.50. The van der Waals surface area contributed by atoms with E-state index in [2.05, 4.69) is 0 Å². The second kappa shape index (κ2) is 17.2. The molecule has 0 saturated heterocycles. The standard InChI is InChI=1S/4CH5O6PS.Zr/c4*2-8(3,4)1-9(5,6)7;/h4*1H2,(H2,2,3,4)(H,5,6,7);/q;;;;+4/p-4. The Kier molecular flexibility index (Phi) is 22.2. The van der Waals surface area contributed by atoms with Crippen molar-refractivity contribution in [3.8, 4) is 0 Å². The SMILES string of the molecule is O=P(O)(O)CS(=O)(=O)[O-].O=P(O)(O)CS(=O)(=O)[O-].O=P(O)(O)CS(=O)(=O)[O-].O=P(O)(O)CS(=O)(=O)[O-].[Zr+4]. The first-order valence-corrected chi connectivity index (χ1v) is 20.2. The molecule has 0 radical (unpaired) electrons. The van der Waals surface area contributed by atoms with E-state index in [0.29, 0.717) is 0 Å². The minimum Gasteiger partial charge on any atom is -0.747 e. The molecule has 8 N–H and O–H groups in total. The van der Waals surface area contributed by atoms with Crippen LogP contribution in [0.1, 0.15) is 0 Å². The number of rotatable bonds is 8. The number of hydrogen-bond donors (Lipinski definition) is 8. The van der Waals surface area contributed by atoms with Crippen molar-refractivity contribution < 1.29 is 135 Å². The summed E-state index contributed by atoms with van der Waals surface area (Å²) in [4.78, 5) is 63.1. The third-order valence-electron chi connectivity index (χ3n) is 1.31. The van der Waals surface area contributed by atoms with E-state index in [1.165, 1.54) is 0 Å². The van der Waals surface area contributed by atoms with Crippen LogP contribution in [-0.4, -0.2) is 113 Å². The monoisotopic (exact) mass is 790 g/mol. The molecule has 0 atom stereocenters. The van der Waals surface area contributed by atoms with Gasteiger partial charge >= 0.3 is 56.6 Å². The van der Waals surface area contributed by atoms with E-state index in [4.69, 9.17) is 39.1 Å². The van der Waals surface area contributed by atoms with Gasteiger partial charge in [-0.3, -0.25) is 18.3 Å². The van der Waals surface area contributed by atoms with Crippen LogP contribution in [0.2, 0.25) is 0 Å². The smallest absolute Gasteiger partial charge is 0.747 e. The minimum atomic E-state index is -4.79. The first kappa shape index (κ1) is 47.9. The van der Waals surface area contributed by atoms with Gasteiger partial charge in [0.1, 0.15) is 62.4 Å². The molecule has 0 saturated carbocycles. The van der Waals surface area contributed by atoms with Gasteiger partial charge in [-0.2, -0.15) is 0 Å². The van der Waals surface area contributed by atoms with Crippen molar-refractivity contribution in [3.05, 3.63) is 0 Å². The van der Waals surface area contributed by atoms with Gasteiger partial charge in [-0.25, -0.2) is 33.7 Å². The van der Waals surface area contributed by atoms with Crippen molar-refractivity contribution in [1.29, 1.82) is 0 Å². The molecule has 0 aliphatic carbocycles. The normalized spacial score (nSPS) is 13.3. The fraction of sp³-hybridized carbons (Fsp3) is 1.00. The maximum Gasteiger partial charge on any atom is 4.00 e. The predicted octanol–water partition coefficient (Wildman–Crippen LogP) is -5.34. The van der Waals surface area contributed by atoms with Crippen LogP contribution in [0.3, 0.4) is 0 Å². The minimum absolute atomic E-state index is 0. The molecule has 0 aromatic heterocycles. The van der Waals surface area contributed by atoms with Crippen molar-refractivity contribution >= 4 is 70.9 Å². The van der Waals surface area contributed by atoms with Gasteiger partial charge in [0.05, 0.1) is 0 Å². The molecule has 0 fully saturated rings. The van der Waals surface area contributed by atoms with Crippen LogP contribution < -0.4 is 0 Å². The van der Waals surface area contributed by atoms with E-state index in [0.717, 1.165) is 0 Å². The summed E-state index contributed by atoms with van der Waals surface area (Å²) in [6, 6.07) is 0. The molecule has 24 nitrogen and oxygen atoms in total. The van der Waals surface area contributed by atoms with Gasteiger partial charge in [0.15, 0.2) is 0 Å². The van der Waals surface area contributed by atoms with Gasteiger partial charge in [0, 0.05) is 0 Å². The van der Waals surface area contributed by atoms with E-state index in [-0.39, 0.29) is 26.2 Å². The fourth-order valence-electron chi connectivity index (χ4n) is 0.824. The molecule has 0 spiro atoms. The molecule has 0 amide bonds. The molecule has 0 aliphatic rings. The average Bonchev–Trinajstić information content (AvgIpc) is 2.19. The molecule has 0 unspecified atom stereocenters. The average molecular weight is 792 g/mol. The summed E-state index contributed by atoms with van der Waals surface area (Å²) >= 11 is 0. The van der Waals surface area contributed by atoms with Crippen LogP contribution in [0.15, 0.2) is 0 Å². The van der Waals surface area contributed by atoms with Crippen molar-refractivity contribution in [2.75, 3.05) is 22.0 Å². The van der Waals surface area contributed by atoms with Crippen molar-refractivity contribution in [2.45, 2.75) is 0 Å². The molecule has 33 heteroatoms. The Morgan fingerprint density at radius 2 is 0.459 bits per heavy atom. The van der Waals surface area contributed by atoms with E-state index in [9.17, 15) is 70.1 Å². The summed E-state index contributed by atoms with van der Waals surface area (Å²) in [7, 11) is -37.9.